The Kier molecular flexibility index (Phi) is 4.20. The van der Waals surface area contributed by atoms with Gasteiger partial charge in [-0.3, -0.25) is 0 Å². The van der Waals surface area contributed by atoms with E-state index in [0.717, 1.165) is 48.6 Å². The minimum atomic E-state index is 0.271. The maximum absolute atomic E-state index is 4.71. The van der Waals surface area contributed by atoms with Crippen LogP contribution in [0.25, 0.3) is 0 Å². The molecule has 0 bridgehead atoms. The zero-order chi connectivity index (χ0) is 17.1. The van der Waals surface area contributed by atoms with Gasteiger partial charge in [-0.2, -0.15) is 0 Å². The van der Waals surface area contributed by atoms with Crippen LogP contribution in [0.5, 0.6) is 0 Å². The Labute approximate surface area is 146 Å². The van der Waals surface area contributed by atoms with Crippen molar-refractivity contribution in [2.45, 2.75) is 19.3 Å². The summed E-state index contributed by atoms with van der Waals surface area (Å²) < 4.78 is 0. The van der Waals surface area contributed by atoms with Gasteiger partial charge in [-0.05, 0) is 31.5 Å². The van der Waals surface area contributed by atoms with Crippen molar-refractivity contribution in [1.29, 1.82) is 0 Å². The van der Waals surface area contributed by atoms with Gasteiger partial charge in [0.25, 0.3) is 0 Å². The van der Waals surface area contributed by atoms with Gasteiger partial charge in [0.15, 0.2) is 0 Å². The summed E-state index contributed by atoms with van der Waals surface area (Å²) in [5, 5.41) is 3.25. The number of hydrogen-bond donors (Lipinski definition) is 1. The van der Waals surface area contributed by atoms with E-state index in [2.05, 4.69) is 30.2 Å². The average Bonchev–Trinajstić information content (AvgIpc) is 3.13. The number of rotatable bonds is 4. The minimum absolute atomic E-state index is 0.271. The average molecular weight is 333 g/mol. The second-order valence-electron chi connectivity index (χ2n) is 6.07. The Morgan fingerprint density at radius 3 is 2.64 bits per heavy atom. The number of hydrogen-bond acceptors (Lipinski definition) is 7. The normalized spacial score (nSPS) is 16.8. The SMILES string of the molecule is Cc1cc(Nc2ccccn2)nc([C@H]2CCN(c3ncccn3)C2)n1. The topological polar surface area (TPSA) is 79.7 Å². The molecule has 0 amide bonds. The summed E-state index contributed by atoms with van der Waals surface area (Å²) in [6.07, 6.45) is 6.29. The number of nitrogens with zero attached hydrogens (tertiary/aromatic N) is 6. The van der Waals surface area contributed by atoms with Crippen molar-refractivity contribution < 1.29 is 0 Å². The van der Waals surface area contributed by atoms with Crippen LogP contribution in [0.15, 0.2) is 48.9 Å². The zero-order valence-corrected chi connectivity index (χ0v) is 14.0. The highest BCUT2D eigenvalue weighted by molar-refractivity contribution is 5.51. The molecule has 1 atom stereocenters. The molecule has 0 spiro atoms. The van der Waals surface area contributed by atoms with Crippen molar-refractivity contribution in [3.05, 3.63) is 60.4 Å². The second-order valence-corrected chi connectivity index (χ2v) is 6.07. The Hall–Kier alpha value is -3.09. The fourth-order valence-electron chi connectivity index (χ4n) is 3.01. The van der Waals surface area contributed by atoms with Gasteiger partial charge in [0.1, 0.15) is 17.5 Å². The Morgan fingerprint density at radius 1 is 1.00 bits per heavy atom. The van der Waals surface area contributed by atoms with Gasteiger partial charge < -0.3 is 10.2 Å². The first-order chi connectivity index (χ1) is 12.3. The predicted octanol–water partition coefficient (Wildman–Crippen LogP) is 2.71. The summed E-state index contributed by atoms with van der Waals surface area (Å²) in [6.45, 7) is 3.73. The van der Waals surface area contributed by atoms with Crippen molar-refractivity contribution in [1.82, 2.24) is 24.9 Å². The number of aryl methyl sites for hydroxylation is 1. The fourth-order valence-corrected chi connectivity index (χ4v) is 3.01. The molecule has 126 valence electrons. The van der Waals surface area contributed by atoms with Crippen molar-refractivity contribution in [2.75, 3.05) is 23.3 Å². The van der Waals surface area contributed by atoms with Gasteiger partial charge in [-0.1, -0.05) is 6.07 Å². The van der Waals surface area contributed by atoms with Gasteiger partial charge in [-0.15, -0.1) is 0 Å². The third kappa shape index (κ3) is 3.55. The molecule has 7 nitrogen and oxygen atoms in total. The standard InChI is InChI=1S/C18H19N7/c1-13-11-16(23-15-5-2-3-7-19-15)24-17(22-13)14-6-10-25(12-14)18-20-8-4-9-21-18/h2-5,7-9,11,14H,6,10,12H2,1H3,(H,19,22,23,24)/t14-/m0/s1. The molecule has 0 radical (unpaired) electrons. The molecular formula is C18H19N7. The first-order valence-corrected chi connectivity index (χ1v) is 8.33. The molecule has 0 aromatic carbocycles. The lowest BCUT2D eigenvalue weighted by Crippen LogP contribution is -2.22. The Balaban J connectivity index is 1.53. The maximum atomic E-state index is 4.71. The predicted molar refractivity (Wildman–Crippen MR) is 95.9 cm³/mol. The number of pyridine rings is 1. The number of aromatic nitrogens is 5. The largest absolute Gasteiger partial charge is 0.340 e. The molecule has 3 aromatic heterocycles. The molecule has 0 saturated carbocycles. The monoisotopic (exact) mass is 333 g/mol. The highest BCUT2D eigenvalue weighted by Gasteiger charge is 2.27. The first kappa shape index (κ1) is 15.4. The Bertz CT molecular complexity index is 839. The van der Waals surface area contributed by atoms with Gasteiger partial charge in [0.2, 0.25) is 5.95 Å². The van der Waals surface area contributed by atoms with E-state index >= 15 is 0 Å². The van der Waals surface area contributed by atoms with Crippen molar-refractivity contribution >= 4 is 17.6 Å². The van der Waals surface area contributed by atoms with Crippen LogP contribution >= 0.6 is 0 Å². The smallest absolute Gasteiger partial charge is 0.225 e. The first-order valence-electron chi connectivity index (χ1n) is 8.33. The van der Waals surface area contributed by atoms with E-state index < -0.39 is 0 Å². The van der Waals surface area contributed by atoms with E-state index in [4.69, 9.17) is 4.98 Å². The van der Waals surface area contributed by atoms with Gasteiger partial charge in [0, 0.05) is 49.4 Å². The van der Waals surface area contributed by atoms with Crippen molar-refractivity contribution in [2.24, 2.45) is 0 Å². The molecule has 1 N–H and O–H groups in total. The molecule has 25 heavy (non-hydrogen) atoms. The van der Waals surface area contributed by atoms with E-state index in [0.29, 0.717) is 0 Å². The van der Waals surface area contributed by atoms with Crippen LogP contribution in [0.2, 0.25) is 0 Å². The zero-order valence-electron chi connectivity index (χ0n) is 14.0. The molecule has 0 unspecified atom stereocenters. The van der Waals surface area contributed by atoms with Crippen LogP contribution in [0.3, 0.4) is 0 Å². The molecule has 4 rings (SSSR count). The lowest BCUT2D eigenvalue weighted by atomic mass is 10.1. The summed E-state index contributed by atoms with van der Waals surface area (Å²) in [5.74, 6) is 3.45. The molecule has 4 heterocycles. The summed E-state index contributed by atoms with van der Waals surface area (Å²) in [6, 6.07) is 9.52. The summed E-state index contributed by atoms with van der Waals surface area (Å²) in [7, 11) is 0. The number of anilines is 3. The third-order valence-corrected chi connectivity index (χ3v) is 4.18. The van der Waals surface area contributed by atoms with Crippen LogP contribution in [-0.2, 0) is 0 Å². The minimum Gasteiger partial charge on any atom is -0.340 e. The molecule has 0 aliphatic carbocycles. The van der Waals surface area contributed by atoms with Crippen LogP contribution in [-0.4, -0.2) is 38.0 Å². The maximum Gasteiger partial charge on any atom is 0.225 e. The molecular weight excluding hydrogens is 314 g/mol. The van der Waals surface area contributed by atoms with Crippen molar-refractivity contribution in [3.8, 4) is 0 Å². The van der Waals surface area contributed by atoms with Gasteiger partial charge in [0.05, 0.1) is 0 Å². The third-order valence-electron chi connectivity index (χ3n) is 4.18. The highest BCUT2D eigenvalue weighted by atomic mass is 15.3. The summed E-state index contributed by atoms with van der Waals surface area (Å²) in [5.41, 5.74) is 0.942. The fraction of sp³-hybridized carbons (Fsp3) is 0.278. The van der Waals surface area contributed by atoms with Gasteiger partial charge in [-0.25, -0.2) is 24.9 Å². The lowest BCUT2D eigenvalue weighted by molar-refractivity contribution is 0.704. The van der Waals surface area contributed by atoms with Crippen LogP contribution < -0.4 is 10.2 Å². The Morgan fingerprint density at radius 2 is 1.84 bits per heavy atom. The molecule has 7 heteroatoms. The van der Waals surface area contributed by atoms with E-state index in [-0.39, 0.29) is 5.92 Å². The van der Waals surface area contributed by atoms with E-state index in [1.54, 1.807) is 18.6 Å². The van der Waals surface area contributed by atoms with Crippen molar-refractivity contribution in [3.63, 3.8) is 0 Å². The summed E-state index contributed by atoms with van der Waals surface area (Å²) in [4.78, 5) is 24.5. The molecule has 1 aliphatic heterocycles. The van der Waals surface area contributed by atoms with Crippen LogP contribution in [0.1, 0.15) is 23.9 Å². The van der Waals surface area contributed by atoms with E-state index in [9.17, 15) is 0 Å². The number of nitrogens with one attached hydrogen (secondary N) is 1. The van der Waals surface area contributed by atoms with E-state index in [1.165, 1.54) is 0 Å². The molecule has 1 saturated heterocycles. The van der Waals surface area contributed by atoms with Crippen LogP contribution in [0, 0.1) is 6.92 Å². The van der Waals surface area contributed by atoms with Gasteiger partial charge >= 0.3 is 0 Å². The second kappa shape index (κ2) is 6.80. The summed E-state index contributed by atoms with van der Waals surface area (Å²) >= 11 is 0. The molecule has 3 aromatic rings. The van der Waals surface area contributed by atoms with E-state index in [1.807, 2.05) is 37.3 Å². The van der Waals surface area contributed by atoms with Crippen LogP contribution in [0.4, 0.5) is 17.6 Å². The molecule has 1 fully saturated rings. The quantitative estimate of drug-likeness (QED) is 0.786. The lowest BCUT2D eigenvalue weighted by Gasteiger charge is -2.16. The highest BCUT2D eigenvalue weighted by Crippen LogP contribution is 2.28. The molecule has 1 aliphatic rings.